The summed E-state index contributed by atoms with van der Waals surface area (Å²) in [6, 6.07) is 4.86. The molecule has 0 heterocycles. The average molecular weight is 228 g/mol. The second-order valence-electron chi connectivity index (χ2n) is 3.41. The van der Waals surface area contributed by atoms with Gasteiger partial charge in [0.2, 0.25) is 0 Å². The van der Waals surface area contributed by atoms with Gasteiger partial charge in [-0.3, -0.25) is 0 Å². The number of anilines is 1. The van der Waals surface area contributed by atoms with Crippen molar-refractivity contribution in [3.63, 3.8) is 0 Å². The fraction of sp³-hybridized carbons (Fsp3) is 0.364. The Hall–Kier alpha value is -1.22. The van der Waals surface area contributed by atoms with Gasteiger partial charge in [0, 0.05) is 10.7 Å². The maximum absolute atomic E-state index is 10.8. The Morgan fingerprint density at radius 1 is 1.60 bits per heavy atom. The molecule has 82 valence electrons. The van der Waals surface area contributed by atoms with E-state index in [-0.39, 0.29) is 0 Å². The molecule has 0 bridgehead atoms. The lowest BCUT2D eigenvalue weighted by Crippen LogP contribution is -2.28. The van der Waals surface area contributed by atoms with Crippen molar-refractivity contribution in [1.29, 1.82) is 0 Å². The van der Waals surface area contributed by atoms with Crippen molar-refractivity contribution in [3.05, 3.63) is 28.8 Å². The number of rotatable bonds is 4. The molecule has 0 aliphatic carbocycles. The number of hydrogen-bond acceptors (Lipinski definition) is 2. The van der Waals surface area contributed by atoms with E-state index in [1.165, 1.54) is 0 Å². The van der Waals surface area contributed by atoms with Gasteiger partial charge in [0.05, 0.1) is 0 Å². The molecule has 1 unspecified atom stereocenters. The molecule has 0 aliphatic heterocycles. The minimum absolute atomic E-state index is 0.529. The minimum atomic E-state index is -0.853. The van der Waals surface area contributed by atoms with Crippen LogP contribution in [0.3, 0.4) is 0 Å². The molecule has 0 spiro atoms. The maximum Gasteiger partial charge on any atom is 0.326 e. The molecule has 0 amide bonds. The summed E-state index contributed by atoms with van der Waals surface area (Å²) in [4.78, 5) is 10.8. The summed E-state index contributed by atoms with van der Waals surface area (Å²) >= 11 is 5.93. The van der Waals surface area contributed by atoms with Crippen LogP contribution in [0.2, 0.25) is 5.02 Å². The number of nitrogens with one attached hydrogen (secondary N) is 1. The second-order valence-corrected chi connectivity index (χ2v) is 3.81. The topological polar surface area (TPSA) is 49.3 Å². The van der Waals surface area contributed by atoms with E-state index < -0.39 is 12.0 Å². The highest BCUT2D eigenvalue weighted by atomic mass is 35.5. The summed E-state index contributed by atoms with van der Waals surface area (Å²) in [7, 11) is 0. The second kappa shape index (κ2) is 5.03. The molecule has 0 radical (unpaired) electrons. The quantitative estimate of drug-likeness (QED) is 0.832. The van der Waals surface area contributed by atoms with Gasteiger partial charge in [-0.05, 0) is 31.0 Å². The SMILES string of the molecule is CCC(Nc1ccc(C)c(Cl)c1)C(=O)O. The van der Waals surface area contributed by atoms with Gasteiger partial charge < -0.3 is 10.4 Å². The van der Waals surface area contributed by atoms with Crippen molar-refractivity contribution in [1.82, 2.24) is 0 Å². The van der Waals surface area contributed by atoms with E-state index in [2.05, 4.69) is 5.32 Å². The maximum atomic E-state index is 10.8. The van der Waals surface area contributed by atoms with Gasteiger partial charge in [-0.25, -0.2) is 4.79 Å². The number of carboxylic acids is 1. The van der Waals surface area contributed by atoms with Gasteiger partial charge in [-0.1, -0.05) is 24.6 Å². The Balaban J connectivity index is 2.80. The molecule has 1 aromatic rings. The van der Waals surface area contributed by atoms with E-state index in [0.717, 1.165) is 11.3 Å². The van der Waals surface area contributed by atoms with E-state index in [1.54, 1.807) is 6.07 Å². The molecule has 1 aromatic carbocycles. The Kier molecular flexibility index (Phi) is 3.97. The Morgan fingerprint density at radius 3 is 2.73 bits per heavy atom. The summed E-state index contributed by atoms with van der Waals surface area (Å²) in [5, 5.41) is 12.4. The van der Waals surface area contributed by atoms with Crippen LogP contribution >= 0.6 is 11.6 Å². The molecule has 0 saturated heterocycles. The zero-order valence-corrected chi connectivity index (χ0v) is 9.51. The van der Waals surface area contributed by atoms with Crippen LogP contribution in [0, 0.1) is 6.92 Å². The molecule has 15 heavy (non-hydrogen) atoms. The number of benzene rings is 1. The number of halogens is 1. The molecule has 0 aromatic heterocycles. The number of aryl methyl sites for hydroxylation is 1. The third-order valence-corrected chi connectivity index (χ3v) is 2.63. The Bertz CT molecular complexity index is 366. The highest BCUT2D eigenvalue weighted by Gasteiger charge is 2.14. The molecule has 3 nitrogen and oxygen atoms in total. The standard InChI is InChI=1S/C11H14ClNO2/c1-3-10(11(14)15)13-8-5-4-7(2)9(12)6-8/h4-6,10,13H,3H2,1-2H3,(H,14,15). The summed E-state index contributed by atoms with van der Waals surface area (Å²) in [5.41, 5.74) is 1.71. The predicted octanol–water partition coefficient (Wildman–Crippen LogP) is 2.92. The molecule has 1 rings (SSSR count). The molecule has 2 N–H and O–H groups in total. The summed E-state index contributed by atoms with van der Waals surface area (Å²) in [6.45, 7) is 3.72. The van der Waals surface area contributed by atoms with Crippen molar-refractivity contribution < 1.29 is 9.90 Å². The number of hydrogen-bond donors (Lipinski definition) is 2. The van der Waals surface area contributed by atoms with Gasteiger partial charge in [-0.2, -0.15) is 0 Å². The average Bonchev–Trinajstić information content (AvgIpc) is 2.19. The van der Waals surface area contributed by atoms with Gasteiger partial charge in [0.15, 0.2) is 0 Å². The van der Waals surface area contributed by atoms with Gasteiger partial charge in [-0.15, -0.1) is 0 Å². The highest BCUT2D eigenvalue weighted by Crippen LogP contribution is 2.20. The lowest BCUT2D eigenvalue weighted by atomic mass is 10.2. The predicted molar refractivity (Wildman–Crippen MR) is 61.5 cm³/mol. The fourth-order valence-electron chi connectivity index (χ4n) is 1.22. The van der Waals surface area contributed by atoms with Crippen molar-refractivity contribution in [2.45, 2.75) is 26.3 Å². The summed E-state index contributed by atoms with van der Waals surface area (Å²) in [5.74, 6) is -0.853. The van der Waals surface area contributed by atoms with Crippen LogP contribution in [0.5, 0.6) is 0 Å². The molecule has 1 atom stereocenters. The Labute approximate surface area is 94.1 Å². The molecule has 4 heteroatoms. The monoisotopic (exact) mass is 227 g/mol. The zero-order chi connectivity index (χ0) is 11.4. The first-order chi connectivity index (χ1) is 7.04. The number of carbonyl (C=O) groups is 1. The van der Waals surface area contributed by atoms with E-state index in [1.807, 2.05) is 26.0 Å². The van der Waals surface area contributed by atoms with E-state index in [4.69, 9.17) is 16.7 Å². The molecule has 0 fully saturated rings. The number of carboxylic acid groups (broad SMARTS) is 1. The first kappa shape index (κ1) is 11.9. The van der Waals surface area contributed by atoms with E-state index in [9.17, 15) is 4.79 Å². The zero-order valence-electron chi connectivity index (χ0n) is 8.75. The molecule has 0 saturated carbocycles. The van der Waals surface area contributed by atoms with Crippen LogP contribution in [-0.2, 0) is 4.79 Å². The first-order valence-electron chi connectivity index (χ1n) is 4.80. The normalized spacial score (nSPS) is 12.2. The molecular weight excluding hydrogens is 214 g/mol. The van der Waals surface area contributed by atoms with Crippen LogP contribution < -0.4 is 5.32 Å². The largest absolute Gasteiger partial charge is 0.480 e. The Morgan fingerprint density at radius 2 is 2.27 bits per heavy atom. The van der Waals surface area contributed by atoms with Crippen molar-refractivity contribution in [3.8, 4) is 0 Å². The fourth-order valence-corrected chi connectivity index (χ4v) is 1.40. The van der Waals surface area contributed by atoms with Gasteiger partial charge in [0.25, 0.3) is 0 Å². The number of aliphatic carboxylic acids is 1. The molecular formula is C11H14ClNO2. The van der Waals surface area contributed by atoms with Crippen molar-refractivity contribution in [2.75, 3.05) is 5.32 Å². The lowest BCUT2D eigenvalue weighted by molar-refractivity contribution is -0.137. The van der Waals surface area contributed by atoms with Gasteiger partial charge >= 0.3 is 5.97 Å². The van der Waals surface area contributed by atoms with Crippen LogP contribution in [-0.4, -0.2) is 17.1 Å². The lowest BCUT2D eigenvalue weighted by Gasteiger charge is -2.14. The molecule has 0 aliphatic rings. The van der Waals surface area contributed by atoms with Crippen LogP contribution in [0.4, 0.5) is 5.69 Å². The highest BCUT2D eigenvalue weighted by molar-refractivity contribution is 6.31. The van der Waals surface area contributed by atoms with Crippen LogP contribution in [0.25, 0.3) is 0 Å². The summed E-state index contributed by atoms with van der Waals surface area (Å²) in [6.07, 6.45) is 0.529. The first-order valence-corrected chi connectivity index (χ1v) is 5.18. The van der Waals surface area contributed by atoms with Crippen LogP contribution in [0.15, 0.2) is 18.2 Å². The van der Waals surface area contributed by atoms with Crippen LogP contribution in [0.1, 0.15) is 18.9 Å². The van der Waals surface area contributed by atoms with Gasteiger partial charge in [0.1, 0.15) is 6.04 Å². The van der Waals surface area contributed by atoms with Crippen molar-refractivity contribution in [2.24, 2.45) is 0 Å². The van der Waals surface area contributed by atoms with E-state index in [0.29, 0.717) is 11.4 Å². The smallest absolute Gasteiger partial charge is 0.326 e. The van der Waals surface area contributed by atoms with E-state index >= 15 is 0 Å². The summed E-state index contributed by atoms with van der Waals surface area (Å²) < 4.78 is 0. The minimum Gasteiger partial charge on any atom is -0.480 e. The van der Waals surface area contributed by atoms with Crippen molar-refractivity contribution >= 4 is 23.3 Å². The third-order valence-electron chi connectivity index (χ3n) is 2.22. The third kappa shape index (κ3) is 3.13.